The van der Waals surface area contributed by atoms with Crippen LogP contribution in [0.1, 0.15) is 52.2 Å². The lowest BCUT2D eigenvalue weighted by molar-refractivity contribution is -0.0104. The lowest BCUT2D eigenvalue weighted by Gasteiger charge is -2.27. The second-order valence-electron chi connectivity index (χ2n) is 9.29. The molecule has 0 aromatic carbocycles. The predicted octanol–water partition coefficient (Wildman–Crippen LogP) is 6.94. The van der Waals surface area contributed by atoms with Gasteiger partial charge in [0.25, 0.3) is 0 Å². The van der Waals surface area contributed by atoms with Crippen molar-refractivity contribution >= 4 is 51.1 Å². The summed E-state index contributed by atoms with van der Waals surface area (Å²) >= 11 is 7.62. The van der Waals surface area contributed by atoms with Gasteiger partial charge < -0.3 is 18.6 Å². The van der Waals surface area contributed by atoms with Gasteiger partial charge in [-0.3, -0.25) is 4.90 Å². The van der Waals surface area contributed by atoms with Gasteiger partial charge in [-0.05, 0) is 59.7 Å². The fraction of sp³-hybridized carbons (Fsp3) is 0.435. The normalized spacial score (nSPS) is 12.0. The number of anilines is 1. The van der Waals surface area contributed by atoms with E-state index in [2.05, 4.69) is 4.98 Å². The van der Waals surface area contributed by atoms with Crippen LogP contribution in [0.5, 0.6) is 0 Å². The molecule has 1 amide bonds. The van der Waals surface area contributed by atoms with Gasteiger partial charge in [0.05, 0.1) is 28.7 Å². The number of nitrogens with zero attached hydrogens (tertiary/aromatic N) is 2. The Kier molecular flexibility index (Phi) is 7.23. The number of pyridine rings is 1. The molecule has 0 aliphatic rings. The molecule has 0 spiro atoms. The summed E-state index contributed by atoms with van der Waals surface area (Å²) in [6.07, 6.45) is 0.219. The van der Waals surface area contributed by atoms with E-state index in [0.717, 1.165) is 0 Å². The Morgan fingerprint density at radius 3 is 2.42 bits per heavy atom. The molecule has 8 nitrogen and oxygen atoms in total. The molecule has 33 heavy (non-hydrogen) atoms. The number of hydrogen-bond acceptors (Lipinski definition) is 8. The third kappa shape index (κ3) is 7.10. The number of hydrogen-bond donors (Lipinski definition) is 0. The summed E-state index contributed by atoms with van der Waals surface area (Å²) in [5, 5.41) is 0.211. The van der Waals surface area contributed by atoms with Crippen molar-refractivity contribution in [3.63, 3.8) is 0 Å². The Bertz CT molecular complexity index is 1130. The first-order valence-electron chi connectivity index (χ1n) is 10.3. The summed E-state index contributed by atoms with van der Waals surface area (Å²) in [6, 6.07) is 6.88. The van der Waals surface area contributed by atoms with Crippen LogP contribution in [0.4, 0.5) is 15.3 Å². The van der Waals surface area contributed by atoms with Crippen LogP contribution in [-0.4, -0.2) is 28.4 Å². The smallest absolute Gasteiger partial charge is 0.467 e. The Labute approximate surface area is 201 Å². The molecule has 3 rings (SSSR count). The van der Waals surface area contributed by atoms with E-state index < -0.39 is 23.5 Å². The van der Waals surface area contributed by atoms with Crippen LogP contribution < -0.4 is 4.90 Å². The average molecular weight is 495 g/mol. The first-order valence-corrected chi connectivity index (χ1v) is 11.5. The van der Waals surface area contributed by atoms with Gasteiger partial charge >= 0.3 is 12.2 Å². The molecule has 0 bridgehead atoms. The topological polar surface area (TPSA) is 91.1 Å². The summed E-state index contributed by atoms with van der Waals surface area (Å²) in [5.74, 6) is 0.576. The van der Waals surface area contributed by atoms with Crippen molar-refractivity contribution in [3.05, 3.63) is 46.3 Å². The molecule has 0 radical (unpaired) electrons. The monoisotopic (exact) mass is 494 g/mol. The Hall–Kier alpha value is -2.78. The molecule has 0 saturated heterocycles. The van der Waals surface area contributed by atoms with E-state index in [-0.39, 0.29) is 18.3 Å². The van der Waals surface area contributed by atoms with E-state index in [1.807, 2.05) is 0 Å². The number of fused-ring (bicyclic) bond motifs is 1. The van der Waals surface area contributed by atoms with Crippen LogP contribution in [0, 0.1) is 0 Å². The van der Waals surface area contributed by atoms with Crippen molar-refractivity contribution in [3.8, 4) is 0 Å². The van der Waals surface area contributed by atoms with Crippen LogP contribution in [-0.2, 0) is 27.4 Å². The summed E-state index contributed by atoms with van der Waals surface area (Å²) < 4.78 is 22.2. The summed E-state index contributed by atoms with van der Waals surface area (Å²) in [4.78, 5) is 31.6. The molecule has 3 aromatic heterocycles. The molecule has 10 heteroatoms. The van der Waals surface area contributed by atoms with E-state index >= 15 is 0 Å². The molecule has 3 heterocycles. The minimum absolute atomic E-state index is 0.00236. The molecule has 0 fully saturated rings. The fourth-order valence-electron chi connectivity index (χ4n) is 2.83. The minimum atomic E-state index is -0.764. The third-order valence-electron chi connectivity index (χ3n) is 4.00. The van der Waals surface area contributed by atoms with Gasteiger partial charge in [0, 0.05) is 10.9 Å². The van der Waals surface area contributed by atoms with Crippen molar-refractivity contribution in [2.45, 2.75) is 65.9 Å². The fourth-order valence-corrected chi connectivity index (χ4v) is 4.06. The number of thiophene rings is 1. The predicted molar refractivity (Wildman–Crippen MR) is 127 cm³/mol. The van der Waals surface area contributed by atoms with Crippen molar-refractivity contribution in [1.82, 2.24) is 4.98 Å². The van der Waals surface area contributed by atoms with Crippen LogP contribution in [0.3, 0.4) is 0 Å². The first kappa shape index (κ1) is 24.9. The number of halogens is 1. The average Bonchev–Trinajstić information content (AvgIpc) is 3.30. The SMILES string of the molecule is CC(C)(C)OC(=O)OCc1cc2nc(Cl)cc(N(Cc3ccco3)C(=O)OC(C)(C)C)c2s1. The zero-order valence-electron chi connectivity index (χ0n) is 19.4. The highest BCUT2D eigenvalue weighted by Gasteiger charge is 2.27. The van der Waals surface area contributed by atoms with Crippen LogP contribution in [0.15, 0.2) is 34.9 Å². The number of aromatic nitrogens is 1. The minimum Gasteiger partial charge on any atom is -0.467 e. The molecule has 0 saturated carbocycles. The van der Waals surface area contributed by atoms with Gasteiger partial charge in [0.15, 0.2) is 0 Å². The number of carbonyl (C=O) groups excluding carboxylic acids is 2. The van der Waals surface area contributed by atoms with Crippen molar-refractivity contribution in [1.29, 1.82) is 0 Å². The summed E-state index contributed by atoms with van der Waals surface area (Å²) in [7, 11) is 0. The number of furan rings is 1. The zero-order chi connectivity index (χ0) is 24.4. The molecule has 3 aromatic rings. The maximum atomic E-state index is 13.1. The summed E-state index contributed by atoms with van der Waals surface area (Å²) in [6.45, 7) is 10.8. The van der Waals surface area contributed by atoms with Crippen LogP contribution in [0.2, 0.25) is 5.15 Å². The number of amides is 1. The number of rotatable bonds is 5. The van der Waals surface area contributed by atoms with E-state index in [1.54, 1.807) is 65.8 Å². The highest BCUT2D eigenvalue weighted by molar-refractivity contribution is 7.19. The summed E-state index contributed by atoms with van der Waals surface area (Å²) in [5.41, 5.74) is -0.266. The molecular formula is C23H27ClN2O6S. The van der Waals surface area contributed by atoms with E-state index in [1.165, 1.54) is 22.5 Å². The Balaban J connectivity index is 1.94. The van der Waals surface area contributed by atoms with Gasteiger partial charge in [-0.25, -0.2) is 14.6 Å². The van der Waals surface area contributed by atoms with Crippen LogP contribution in [0.25, 0.3) is 10.2 Å². The highest BCUT2D eigenvalue weighted by atomic mass is 35.5. The largest absolute Gasteiger partial charge is 0.509 e. The molecule has 0 N–H and O–H groups in total. The standard InChI is InChI=1S/C23H27ClN2O6S/c1-22(2,3)31-20(27)26(12-14-8-7-9-29-14)17-11-18(24)25-16-10-15(33-19(16)17)13-30-21(28)32-23(4,5)6/h7-11H,12-13H2,1-6H3. The highest BCUT2D eigenvalue weighted by Crippen LogP contribution is 2.37. The van der Waals surface area contributed by atoms with Gasteiger partial charge in [-0.1, -0.05) is 11.6 Å². The molecular weight excluding hydrogens is 468 g/mol. The van der Waals surface area contributed by atoms with Gasteiger partial charge in [0.1, 0.15) is 28.7 Å². The maximum absolute atomic E-state index is 13.1. The maximum Gasteiger partial charge on any atom is 0.509 e. The zero-order valence-corrected chi connectivity index (χ0v) is 21.0. The second kappa shape index (κ2) is 9.61. The van der Waals surface area contributed by atoms with Crippen LogP contribution >= 0.6 is 22.9 Å². The van der Waals surface area contributed by atoms with E-state index in [9.17, 15) is 9.59 Å². The van der Waals surface area contributed by atoms with Gasteiger partial charge in [-0.2, -0.15) is 0 Å². The number of ether oxygens (including phenoxy) is 3. The van der Waals surface area contributed by atoms with Crippen molar-refractivity contribution < 1.29 is 28.2 Å². The lowest BCUT2D eigenvalue weighted by atomic mass is 10.2. The molecule has 0 aliphatic carbocycles. The van der Waals surface area contributed by atoms with Crippen molar-refractivity contribution in [2.75, 3.05) is 4.90 Å². The lowest BCUT2D eigenvalue weighted by Crippen LogP contribution is -2.36. The molecule has 0 unspecified atom stereocenters. The second-order valence-corrected chi connectivity index (χ2v) is 10.8. The Morgan fingerprint density at radius 1 is 1.12 bits per heavy atom. The Morgan fingerprint density at radius 2 is 1.82 bits per heavy atom. The molecule has 178 valence electrons. The quantitative estimate of drug-likeness (QED) is 0.280. The third-order valence-corrected chi connectivity index (χ3v) is 5.31. The van der Waals surface area contributed by atoms with Crippen molar-refractivity contribution in [2.24, 2.45) is 0 Å². The van der Waals surface area contributed by atoms with Gasteiger partial charge in [-0.15, -0.1) is 11.3 Å². The molecule has 0 atom stereocenters. The number of carbonyl (C=O) groups is 2. The molecule has 0 aliphatic heterocycles. The van der Waals surface area contributed by atoms with E-state index in [4.69, 9.17) is 30.2 Å². The van der Waals surface area contributed by atoms with Gasteiger partial charge in [0.2, 0.25) is 0 Å². The first-order chi connectivity index (χ1) is 15.3. The van der Waals surface area contributed by atoms with E-state index in [0.29, 0.717) is 26.5 Å².